The molecule has 1 amide bonds. The molecular formula is C15H19N3O2. The number of hydrogen-bond donors (Lipinski definition) is 2. The van der Waals surface area contributed by atoms with Crippen molar-refractivity contribution in [1.29, 1.82) is 5.26 Å². The van der Waals surface area contributed by atoms with Crippen molar-refractivity contribution in [3.8, 4) is 6.07 Å². The summed E-state index contributed by atoms with van der Waals surface area (Å²) in [5.41, 5.74) is 2.82. The summed E-state index contributed by atoms with van der Waals surface area (Å²) in [6.45, 7) is 4.95. The first-order chi connectivity index (χ1) is 9.60. The molecule has 0 unspecified atom stereocenters. The number of anilines is 1. The van der Waals surface area contributed by atoms with Gasteiger partial charge in [0.1, 0.15) is 11.6 Å². The van der Waals surface area contributed by atoms with Gasteiger partial charge in [0.2, 0.25) is 0 Å². The number of methoxy groups -OCH3 is 1. The van der Waals surface area contributed by atoms with Gasteiger partial charge in [0.15, 0.2) is 0 Å². The molecule has 2 N–H and O–H groups in total. The maximum absolute atomic E-state index is 12.0. The fourth-order valence-corrected chi connectivity index (χ4v) is 1.56. The maximum Gasteiger partial charge on any atom is 0.267 e. The van der Waals surface area contributed by atoms with Gasteiger partial charge in [-0.25, -0.2) is 0 Å². The molecule has 0 aromatic heterocycles. The topological polar surface area (TPSA) is 74.1 Å². The van der Waals surface area contributed by atoms with E-state index in [1.54, 1.807) is 7.11 Å². The lowest BCUT2D eigenvalue weighted by atomic mass is 10.1. The molecule has 0 radical (unpaired) electrons. The van der Waals surface area contributed by atoms with Crippen LogP contribution in [0.3, 0.4) is 0 Å². The Hall–Kier alpha value is -2.32. The van der Waals surface area contributed by atoms with Gasteiger partial charge in [-0.1, -0.05) is 12.1 Å². The van der Waals surface area contributed by atoms with Crippen molar-refractivity contribution < 1.29 is 9.53 Å². The molecule has 0 aliphatic carbocycles. The Morgan fingerprint density at radius 2 is 2.20 bits per heavy atom. The number of nitriles is 1. The summed E-state index contributed by atoms with van der Waals surface area (Å²) in [5.74, 6) is -0.425. The molecule has 1 aromatic rings. The highest BCUT2D eigenvalue weighted by Gasteiger charge is 2.10. The third-order valence-corrected chi connectivity index (χ3v) is 2.91. The van der Waals surface area contributed by atoms with Crippen LogP contribution < -0.4 is 10.6 Å². The van der Waals surface area contributed by atoms with Gasteiger partial charge in [-0.2, -0.15) is 5.26 Å². The lowest BCUT2D eigenvalue weighted by Crippen LogP contribution is -2.19. The number of carbonyl (C=O) groups is 1. The largest absolute Gasteiger partial charge is 0.387 e. The highest BCUT2D eigenvalue weighted by Crippen LogP contribution is 2.18. The van der Waals surface area contributed by atoms with Crippen molar-refractivity contribution in [2.24, 2.45) is 0 Å². The minimum absolute atomic E-state index is 0.0296. The third kappa shape index (κ3) is 4.41. The molecule has 5 heteroatoms. The summed E-state index contributed by atoms with van der Waals surface area (Å²) in [6.07, 6.45) is 1.40. The van der Waals surface area contributed by atoms with Crippen molar-refractivity contribution in [3.63, 3.8) is 0 Å². The van der Waals surface area contributed by atoms with E-state index in [2.05, 4.69) is 10.6 Å². The summed E-state index contributed by atoms with van der Waals surface area (Å²) >= 11 is 0. The molecule has 0 aliphatic rings. The molecule has 0 saturated heterocycles. The molecule has 0 bridgehead atoms. The molecular weight excluding hydrogens is 254 g/mol. The number of amides is 1. The highest BCUT2D eigenvalue weighted by atomic mass is 16.5. The van der Waals surface area contributed by atoms with E-state index in [9.17, 15) is 4.79 Å². The van der Waals surface area contributed by atoms with E-state index in [4.69, 9.17) is 10.00 Å². The Bertz CT molecular complexity index is 545. The average Bonchev–Trinajstić information content (AvgIpc) is 2.44. The van der Waals surface area contributed by atoms with E-state index in [1.165, 1.54) is 6.20 Å². The van der Waals surface area contributed by atoms with Crippen LogP contribution in [0, 0.1) is 25.2 Å². The molecule has 0 aliphatic heterocycles. The standard InChI is InChI=1S/C15H19N3O2/c1-11-5-4-6-14(12(11)2)18-15(19)13(9-16)10-17-7-8-20-3/h4-6,10,17H,7-8H2,1-3H3,(H,18,19)/b13-10-. The maximum atomic E-state index is 12.0. The monoisotopic (exact) mass is 273 g/mol. The number of nitrogens with zero attached hydrogens (tertiary/aromatic N) is 1. The minimum Gasteiger partial charge on any atom is -0.387 e. The van der Waals surface area contributed by atoms with Crippen LogP contribution in [0.2, 0.25) is 0 Å². The van der Waals surface area contributed by atoms with Gasteiger partial charge in [0.25, 0.3) is 5.91 Å². The molecule has 0 spiro atoms. The smallest absolute Gasteiger partial charge is 0.267 e. The average molecular weight is 273 g/mol. The normalized spacial score (nSPS) is 10.8. The predicted octanol–water partition coefficient (Wildman–Crippen LogP) is 1.89. The second-order valence-electron chi connectivity index (χ2n) is 4.32. The Labute approximate surface area is 119 Å². The second-order valence-corrected chi connectivity index (χ2v) is 4.32. The molecule has 5 nitrogen and oxygen atoms in total. The number of benzene rings is 1. The first-order valence-electron chi connectivity index (χ1n) is 6.30. The van der Waals surface area contributed by atoms with E-state index >= 15 is 0 Å². The Morgan fingerprint density at radius 3 is 2.85 bits per heavy atom. The van der Waals surface area contributed by atoms with Gasteiger partial charge in [0, 0.05) is 25.5 Å². The first kappa shape index (κ1) is 15.7. The van der Waals surface area contributed by atoms with Crippen LogP contribution in [0.4, 0.5) is 5.69 Å². The quantitative estimate of drug-likeness (QED) is 0.471. The van der Waals surface area contributed by atoms with Crippen LogP contribution >= 0.6 is 0 Å². The van der Waals surface area contributed by atoms with Crippen LogP contribution in [0.1, 0.15) is 11.1 Å². The number of nitrogens with one attached hydrogen (secondary N) is 2. The lowest BCUT2D eigenvalue weighted by Gasteiger charge is -2.10. The third-order valence-electron chi connectivity index (χ3n) is 2.91. The van der Waals surface area contributed by atoms with E-state index in [-0.39, 0.29) is 5.57 Å². The first-order valence-corrected chi connectivity index (χ1v) is 6.30. The summed E-state index contributed by atoms with van der Waals surface area (Å²) in [4.78, 5) is 12.0. The zero-order chi connectivity index (χ0) is 15.0. The molecule has 106 valence electrons. The number of rotatable bonds is 6. The van der Waals surface area contributed by atoms with E-state index in [0.29, 0.717) is 18.8 Å². The van der Waals surface area contributed by atoms with Crippen molar-refractivity contribution in [3.05, 3.63) is 41.1 Å². The van der Waals surface area contributed by atoms with Crippen molar-refractivity contribution in [2.75, 3.05) is 25.6 Å². The Morgan fingerprint density at radius 1 is 1.45 bits per heavy atom. The predicted molar refractivity (Wildman–Crippen MR) is 78.1 cm³/mol. The molecule has 1 aromatic carbocycles. The lowest BCUT2D eigenvalue weighted by molar-refractivity contribution is -0.112. The van der Waals surface area contributed by atoms with Crippen LogP contribution in [-0.4, -0.2) is 26.2 Å². The van der Waals surface area contributed by atoms with E-state index in [1.807, 2.05) is 38.1 Å². The summed E-state index contributed by atoms with van der Waals surface area (Å²) in [7, 11) is 1.59. The highest BCUT2D eigenvalue weighted by molar-refractivity contribution is 6.06. The molecule has 1 rings (SSSR count). The Kier molecular flexibility index (Phi) is 6.27. The van der Waals surface area contributed by atoms with Crippen molar-refractivity contribution in [1.82, 2.24) is 5.32 Å². The van der Waals surface area contributed by atoms with E-state index < -0.39 is 5.91 Å². The van der Waals surface area contributed by atoms with Gasteiger partial charge in [-0.05, 0) is 31.0 Å². The molecule has 0 heterocycles. The van der Waals surface area contributed by atoms with Gasteiger partial charge in [-0.3, -0.25) is 4.79 Å². The number of carbonyl (C=O) groups excluding carboxylic acids is 1. The number of ether oxygens (including phenoxy) is 1. The zero-order valence-electron chi connectivity index (χ0n) is 12.0. The summed E-state index contributed by atoms with van der Waals surface area (Å²) in [5, 5.41) is 14.6. The number of hydrogen-bond acceptors (Lipinski definition) is 4. The fourth-order valence-electron chi connectivity index (χ4n) is 1.56. The zero-order valence-corrected chi connectivity index (χ0v) is 12.0. The second kappa shape index (κ2) is 7.97. The summed E-state index contributed by atoms with van der Waals surface area (Å²) in [6, 6.07) is 7.53. The number of aryl methyl sites for hydroxylation is 1. The summed E-state index contributed by atoms with van der Waals surface area (Å²) < 4.78 is 4.87. The molecule has 0 fully saturated rings. The van der Waals surface area contributed by atoms with Crippen molar-refractivity contribution in [2.45, 2.75) is 13.8 Å². The van der Waals surface area contributed by atoms with Crippen molar-refractivity contribution >= 4 is 11.6 Å². The van der Waals surface area contributed by atoms with Crippen LogP contribution in [-0.2, 0) is 9.53 Å². The Balaban J connectivity index is 2.73. The van der Waals surface area contributed by atoms with Gasteiger partial charge >= 0.3 is 0 Å². The molecule has 0 saturated carbocycles. The van der Waals surface area contributed by atoms with Crippen LogP contribution in [0.5, 0.6) is 0 Å². The van der Waals surface area contributed by atoms with Gasteiger partial charge in [0.05, 0.1) is 6.61 Å². The van der Waals surface area contributed by atoms with Crippen LogP contribution in [0.15, 0.2) is 30.0 Å². The van der Waals surface area contributed by atoms with Crippen LogP contribution in [0.25, 0.3) is 0 Å². The minimum atomic E-state index is -0.425. The fraction of sp³-hybridized carbons (Fsp3) is 0.333. The van der Waals surface area contributed by atoms with Gasteiger partial charge in [-0.15, -0.1) is 0 Å². The molecule has 0 atom stereocenters. The molecule has 20 heavy (non-hydrogen) atoms. The van der Waals surface area contributed by atoms with Gasteiger partial charge < -0.3 is 15.4 Å². The SMILES string of the molecule is COCCN/C=C(/C#N)C(=O)Nc1cccc(C)c1C. The van der Waals surface area contributed by atoms with E-state index in [0.717, 1.165) is 11.1 Å².